The fourth-order valence-corrected chi connectivity index (χ4v) is 4.95. The molecule has 0 fully saturated rings. The number of benzene rings is 3. The molecule has 1 aliphatic rings. The molecule has 0 unspecified atom stereocenters. The summed E-state index contributed by atoms with van der Waals surface area (Å²) in [5.41, 5.74) is 5.93. The summed E-state index contributed by atoms with van der Waals surface area (Å²) in [4.78, 5) is 37.7. The number of esters is 1. The lowest BCUT2D eigenvalue weighted by molar-refractivity contribution is -0.147. The standard InChI is InChI=1S/C34H40N2O6/c1-23-16-18-24(19-17-23)21-40-31(37)30(36-33(39)42-34(2,3)4)15-9-10-20-35-32(38)41-22-29-27-13-7-5-11-25(27)26-12-6-8-14-28(26)29/h5-8,11-14,16-19,29-30H,9-10,15,20-22H2,1-4H3,(H,35,38)(H,36,39)/t30-/m0/s1. The molecule has 8 nitrogen and oxygen atoms in total. The Balaban J connectivity index is 1.23. The van der Waals surface area contributed by atoms with Crippen LogP contribution in [0, 0.1) is 6.92 Å². The van der Waals surface area contributed by atoms with E-state index in [2.05, 4.69) is 34.9 Å². The summed E-state index contributed by atoms with van der Waals surface area (Å²) in [6, 6.07) is 23.2. The zero-order valence-electron chi connectivity index (χ0n) is 24.8. The highest BCUT2D eigenvalue weighted by Gasteiger charge is 2.29. The van der Waals surface area contributed by atoms with E-state index in [0.29, 0.717) is 25.8 Å². The molecule has 0 radical (unpaired) electrons. The molecule has 8 heteroatoms. The smallest absolute Gasteiger partial charge is 0.408 e. The lowest BCUT2D eigenvalue weighted by atomic mass is 9.98. The Labute approximate surface area is 247 Å². The molecule has 42 heavy (non-hydrogen) atoms. The maximum atomic E-state index is 12.9. The number of nitrogens with one attached hydrogen (secondary N) is 2. The van der Waals surface area contributed by atoms with Crippen molar-refractivity contribution in [2.75, 3.05) is 13.2 Å². The Morgan fingerprint density at radius 3 is 2.05 bits per heavy atom. The van der Waals surface area contributed by atoms with Gasteiger partial charge in [-0.25, -0.2) is 14.4 Å². The maximum Gasteiger partial charge on any atom is 0.408 e. The number of hydrogen-bond acceptors (Lipinski definition) is 6. The average Bonchev–Trinajstić information content (AvgIpc) is 3.27. The first-order chi connectivity index (χ1) is 20.1. The van der Waals surface area contributed by atoms with E-state index in [1.54, 1.807) is 20.8 Å². The van der Waals surface area contributed by atoms with Crippen LogP contribution in [0.15, 0.2) is 72.8 Å². The first kappa shape index (κ1) is 30.6. The van der Waals surface area contributed by atoms with Crippen molar-refractivity contribution >= 4 is 18.2 Å². The van der Waals surface area contributed by atoms with E-state index in [1.165, 1.54) is 11.1 Å². The van der Waals surface area contributed by atoms with E-state index < -0.39 is 29.8 Å². The van der Waals surface area contributed by atoms with Crippen molar-refractivity contribution in [1.29, 1.82) is 0 Å². The second kappa shape index (κ2) is 14.0. The first-order valence-corrected chi connectivity index (χ1v) is 14.4. The van der Waals surface area contributed by atoms with Crippen LogP contribution < -0.4 is 10.6 Å². The number of rotatable bonds is 11. The van der Waals surface area contributed by atoms with Gasteiger partial charge in [0, 0.05) is 12.5 Å². The van der Waals surface area contributed by atoms with Crippen LogP contribution in [-0.4, -0.2) is 43.0 Å². The number of hydrogen-bond donors (Lipinski definition) is 2. The van der Waals surface area contributed by atoms with Crippen LogP contribution in [0.25, 0.3) is 11.1 Å². The first-order valence-electron chi connectivity index (χ1n) is 14.4. The predicted octanol–water partition coefficient (Wildman–Crippen LogP) is 6.64. The molecule has 3 aromatic carbocycles. The van der Waals surface area contributed by atoms with Crippen LogP contribution in [0.2, 0.25) is 0 Å². The highest BCUT2D eigenvalue weighted by molar-refractivity contribution is 5.81. The van der Waals surface area contributed by atoms with Crippen molar-refractivity contribution in [3.05, 3.63) is 95.1 Å². The van der Waals surface area contributed by atoms with Gasteiger partial charge in [0.05, 0.1) is 0 Å². The maximum absolute atomic E-state index is 12.9. The van der Waals surface area contributed by atoms with Crippen molar-refractivity contribution in [2.24, 2.45) is 0 Å². The van der Waals surface area contributed by atoms with Crippen molar-refractivity contribution in [2.45, 2.75) is 71.1 Å². The Morgan fingerprint density at radius 1 is 0.810 bits per heavy atom. The lowest BCUT2D eigenvalue weighted by Gasteiger charge is -2.23. The van der Waals surface area contributed by atoms with Crippen LogP contribution >= 0.6 is 0 Å². The molecule has 0 saturated carbocycles. The molecular weight excluding hydrogens is 532 g/mol. The molecule has 222 valence electrons. The predicted molar refractivity (Wildman–Crippen MR) is 161 cm³/mol. The molecule has 0 bridgehead atoms. The molecule has 0 aliphatic heterocycles. The molecule has 2 N–H and O–H groups in total. The van der Waals surface area contributed by atoms with E-state index in [4.69, 9.17) is 14.2 Å². The van der Waals surface area contributed by atoms with Crippen molar-refractivity contribution < 1.29 is 28.6 Å². The molecule has 0 spiro atoms. The number of carbonyl (C=O) groups excluding carboxylic acids is 3. The number of fused-ring (bicyclic) bond motifs is 3. The number of aryl methyl sites for hydroxylation is 1. The van der Waals surface area contributed by atoms with Gasteiger partial charge >= 0.3 is 18.2 Å². The van der Waals surface area contributed by atoms with Gasteiger partial charge in [-0.15, -0.1) is 0 Å². The third-order valence-corrected chi connectivity index (χ3v) is 7.01. The fraction of sp³-hybridized carbons (Fsp3) is 0.382. The van der Waals surface area contributed by atoms with Crippen LogP contribution in [0.4, 0.5) is 9.59 Å². The van der Waals surface area contributed by atoms with Gasteiger partial charge < -0.3 is 24.8 Å². The summed E-state index contributed by atoms with van der Waals surface area (Å²) >= 11 is 0. The summed E-state index contributed by atoms with van der Waals surface area (Å²) < 4.78 is 16.4. The molecule has 3 aromatic rings. The molecule has 0 saturated heterocycles. The summed E-state index contributed by atoms with van der Waals surface area (Å²) in [7, 11) is 0. The van der Waals surface area contributed by atoms with Gasteiger partial charge in [-0.3, -0.25) is 0 Å². The van der Waals surface area contributed by atoms with Gasteiger partial charge in [-0.1, -0.05) is 78.4 Å². The van der Waals surface area contributed by atoms with E-state index in [9.17, 15) is 14.4 Å². The minimum Gasteiger partial charge on any atom is -0.459 e. The van der Waals surface area contributed by atoms with E-state index >= 15 is 0 Å². The minimum atomic E-state index is -0.875. The van der Waals surface area contributed by atoms with Crippen molar-refractivity contribution in [1.82, 2.24) is 10.6 Å². The van der Waals surface area contributed by atoms with Gasteiger partial charge in [0.2, 0.25) is 0 Å². The van der Waals surface area contributed by atoms with Gasteiger partial charge in [0.1, 0.15) is 24.9 Å². The highest BCUT2D eigenvalue weighted by Crippen LogP contribution is 2.44. The van der Waals surface area contributed by atoms with Crippen LogP contribution in [-0.2, 0) is 25.6 Å². The highest BCUT2D eigenvalue weighted by atomic mass is 16.6. The molecule has 0 heterocycles. The van der Waals surface area contributed by atoms with Gasteiger partial charge in [-0.2, -0.15) is 0 Å². The monoisotopic (exact) mass is 572 g/mol. The minimum absolute atomic E-state index is 0.00578. The molecular formula is C34H40N2O6. The van der Waals surface area contributed by atoms with Gasteiger partial charge in [0.25, 0.3) is 0 Å². The van der Waals surface area contributed by atoms with E-state index in [0.717, 1.165) is 22.3 Å². The van der Waals surface area contributed by atoms with Crippen molar-refractivity contribution in [3.8, 4) is 11.1 Å². The Hall–Kier alpha value is -4.33. The largest absolute Gasteiger partial charge is 0.459 e. The summed E-state index contributed by atoms with van der Waals surface area (Å²) in [6.07, 6.45) is 0.304. The van der Waals surface area contributed by atoms with Crippen molar-refractivity contribution in [3.63, 3.8) is 0 Å². The van der Waals surface area contributed by atoms with E-state index in [1.807, 2.05) is 55.5 Å². The number of amides is 2. The van der Waals surface area contributed by atoms with Gasteiger partial charge in [-0.05, 0) is 74.8 Å². The third-order valence-electron chi connectivity index (χ3n) is 7.01. The second-order valence-electron chi connectivity index (χ2n) is 11.5. The summed E-state index contributed by atoms with van der Waals surface area (Å²) in [6.45, 7) is 7.97. The topological polar surface area (TPSA) is 103 Å². The normalized spacial score (nSPS) is 13.0. The summed E-state index contributed by atoms with van der Waals surface area (Å²) in [5.74, 6) is -0.542. The SMILES string of the molecule is Cc1ccc(COC(=O)[C@H](CCCCNC(=O)OCC2c3ccccc3-c3ccccc32)NC(=O)OC(C)(C)C)cc1. The third kappa shape index (κ3) is 8.59. The Kier molecular flexibility index (Phi) is 10.2. The fourth-order valence-electron chi connectivity index (χ4n) is 4.95. The quantitative estimate of drug-likeness (QED) is 0.152. The zero-order valence-corrected chi connectivity index (χ0v) is 24.8. The number of ether oxygens (including phenoxy) is 3. The number of alkyl carbamates (subject to hydrolysis) is 2. The Morgan fingerprint density at radius 2 is 1.43 bits per heavy atom. The van der Waals surface area contributed by atoms with E-state index in [-0.39, 0.29) is 19.1 Å². The zero-order chi connectivity index (χ0) is 30.1. The molecule has 2 amide bonds. The number of unbranched alkanes of at least 4 members (excludes halogenated alkanes) is 1. The molecule has 4 rings (SSSR count). The lowest BCUT2D eigenvalue weighted by Crippen LogP contribution is -2.44. The van der Waals surface area contributed by atoms with Gasteiger partial charge in [0.15, 0.2) is 0 Å². The second-order valence-corrected chi connectivity index (χ2v) is 11.5. The molecule has 0 aromatic heterocycles. The average molecular weight is 573 g/mol. The Bertz CT molecular complexity index is 1330. The molecule has 1 aliphatic carbocycles. The van der Waals surface area contributed by atoms with Crippen LogP contribution in [0.1, 0.15) is 68.2 Å². The number of carbonyl (C=O) groups is 3. The molecule has 1 atom stereocenters. The summed E-state index contributed by atoms with van der Waals surface area (Å²) in [5, 5.41) is 5.43. The van der Waals surface area contributed by atoms with Crippen LogP contribution in [0.5, 0.6) is 0 Å². The van der Waals surface area contributed by atoms with Crippen LogP contribution in [0.3, 0.4) is 0 Å².